The second-order valence-electron chi connectivity index (χ2n) is 6.44. The Balaban J connectivity index is 1.66. The second-order valence-corrected chi connectivity index (χ2v) is 6.44. The van der Waals surface area contributed by atoms with Crippen molar-refractivity contribution >= 4 is 29.3 Å². The maximum atomic E-state index is 13.0. The Bertz CT molecular complexity index is 885. The predicted molar refractivity (Wildman–Crippen MR) is 103 cm³/mol. The number of rotatable bonds is 4. The molecule has 2 aromatic heterocycles. The first-order valence-electron chi connectivity index (χ1n) is 8.83. The molecule has 0 saturated carbocycles. The highest BCUT2D eigenvalue weighted by molar-refractivity contribution is 6.05. The molecule has 3 amide bonds. The van der Waals surface area contributed by atoms with Gasteiger partial charge < -0.3 is 10.2 Å². The topological polar surface area (TPSA) is 90.5 Å². The molecule has 4 rings (SSSR count). The molecule has 0 aromatic carbocycles. The fraction of sp³-hybridized carbons (Fsp3) is 0.263. The van der Waals surface area contributed by atoms with Crippen LogP contribution in [0, 0.1) is 0 Å². The average Bonchev–Trinajstić information content (AvgIpc) is 3.11. The monoisotopic (exact) mass is 364 g/mol. The van der Waals surface area contributed by atoms with Gasteiger partial charge in [-0.3, -0.25) is 15.0 Å². The number of pyridine rings is 2. The SMILES string of the molecule is C=CCNC(=O)c1ccc2c(n1)N(C(=O)Nc1ccccn1)[C@H]1CCN2C1. The van der Waals surface area contributed by atoms with Crippen LogP contribution >= 0.6 is 0 Å². The molecule has 8 nitrogen and oxygen atoms in total. The minimum absolute atomic E-state index is 0.0141. The van der Waals surface area contributed by atoms with E-state index < -0.39 is 0 Å². The Morgan fingerprint density at radius 2 is 2.19 bits per heavy atom. The van der Waals surface area contributed by atoms with Crippen molar-refractivity contribution in [3.8, 4) is 0 Å². The molecule has 2 N–H and O–H groups in total. The zero-order chi connectivity index (χ0) is 18.8. The third-order valence-electron chi connectivity index (χ3n) is 4.71. The normalized spacial score (nSPS) is 17.3. The summed E-state index contributed by atoms with van der Waals surface area (Å²) in [6.07, 6.45) is 4.08. The van der Waals surface area contributed by atoms with Crippen molar-refractivity contribution in [3.63, 3.8) is 0 Å². The van der Waals surface area contributed by atoms with Gasteiger partial charge >= 0.3 is 6.03 Å². The van der Waals surface area contributed by atoms with Crippen LogP contribution in [0.5, 0.6) is 0 Å². The number of urea groups is 1. The molecule has 138 valence electrons. The van der Waals surface area contributed by atoms with E-state index in [0.29, 0.717) is 18.2 Å². The van der Waals surface area contributed by atoms with Crippen molar-refractivity contribution in [1.82, 2.24) is 15.3 Å². The molecule has 0 unspecified atom stereocenters. The van der Waals surface area contributed by atoms with Crippen LogP contribution in [0.25, 0.3) is 0 Å². The zero-order valence-corrected chi connectivity index (χ0v) is 14.8. The second kappa shape index (κ2) is 7.06. The number of anilines is 3. The van der Waals surface area contributed by atoms with E-state index in [2.05, 4.69) is 32.1 Å². The number of fused-ring (bicyclic) bond motifs is 4. The number of hydrogen-bond donors (Lipinski definition) is 2. The summed E-state index contributed by atoms with van der Waals surface area (Å²) in [5.74, 6) is 0.684. The van der Waals surface area contributed by atoms with Crippen molar-refractivity contribution in [2.24, 2.45) is 0 Å². The van der Waals surface area contributed by atoms with Crippen LogP contribution in [0.4, 0.5) is 22.1 Å². The van der Waals surface area contributed by atoms with Gasteiger partial charge in [0.05, 0.1) is 11.7 Å². The smallest absolute Gasteiger partial charge is 0.329 e. The Morgan fingerprint density at radius 1 is 1.30 bits per heavy atom. The molecule has 2 bridgehead atoms. The molecule has 2 aromatic rings. The first-order chi connectivity index (χ1) is 13.2. The lowest BCUT2D eigenvalue weighted by atomic mass is 10.1. The van der Waals surface area contributed by atoms with Crippen molar-refractivity contribution < 1.29 is 9.59 Å². The number of aromatic nitrogens is 2. The van der Waals surface area contributed by atoms with E-state index in [4.69, 9.17) is 0 Å². The zero-order valence-electron chi connectivity index (χ0n) is 14.8. The van der Waals surface area contributed by atoms with Gasteiger partial charge in [-0.05, 0) is 30.7 Å². The van der Waals surface area contributed by atoms with Gasteiger partial charge in [0.1, 0.15) is 11.5 Å². The van der Waals surface area contributed by atoms with E-state index in [1.54, 1.807) is 35.4 Å². The summed E-state index contributed by atoms with van der Waals surface area (Å²) in [4.78, 5) is 37.7. The van der Waals surface area contributed by atoms with Gasteiger partial charge in [0.25, 0.3) is 5.91 Å². The fourth-order valence-corrected chi connectivity index (χ4v) is 3.46. The maximum Gasteiger partial charge on any atom is 0.329 e. The standard InChI is InChI=1S/C19H20N6O2/c1-2-9-21-18(26)14-6-7-15-17(22-14)25(13-8-11-24(15)12-13)19(27)23-16-5-3-4-10-20-16/h2-7,10,13H,1,8-9,11-12H2,(H,21,26)(H,20,23,27)/t13-/m0/s1. The summed E-state index contributed by atoms with van der Waals surface area (Å²) in [7, 11) is 0. The van der Waals surface area contributed by atoms with E-state index in [1.807, 2.05) is 12.1 Å². The Kier molecular flexibility index (Phi) is 4.45. The van der Waals surface area contributed by atoms with Crippen LogP contribution in [-0.2, 0) is 0 Å². The summed E-state index contributed by atoms with van der Waals surface area (Å²) >= 11 is 0. The quantitative estimate of drug-likeness (QED) is 0.810. The molecule has 27 heavy (non-hydrogen) atoms. The van der Waals surface area contributed by atoms with Crippen LogP contribution in [0.1, 0.15) is 16.9 Å². The minimum atomic E-state index is -0.296. The highest BCUT2D eigenvalue weighted by Gasteiger charge is 2.40. The summed E-state index contributed by atoms with van der Waals surface area (Å²) in [6, 6.07) is 8.59. The Hall–Kier alpha value is -3.42. The summed E-state index contributed by atoms with van der Waals surface area (Å²) in [6.45, 7) is 5.56. The summed E-state index contributed by atoms with van der Waals surface area (Å²) < 4.78 is 0. The van der Waals surface area contributed by atoms with Crippen molar-refractivity contribution in [1.29, 1.82) is 0 Å². The van der Waals surface area contributed by atoms with Crippen LogP contribution in [0.2, 0.25) is 0 Å². The molecule has 1 saturated heterocycles. The van der Waals surface area contributed by atoms with Crippen LogP contribution < -0.4 is 20.4 Å². The van der Waals surface area contributed by atoms with Gasteiger partial charge in [-0.2, -0.15) is 0 Å². The number of carbonyl (C=O) groups excluding carboxylic acids is 2. The highest BCUT2D eigenvalue weighted by Crippen LogP contribution is 2.39. The molecule has 8 heteroatoms. The first kappa shape index (κ1) is 17.0. The van der Waals surface area contributed by atoms with Gasteiger partial charge in [0.2, 0.25) is 0 Å². The number of carbonyl (C=O) groups is 2. The van der Waals surface area contributed by atoms with Crippen molar-refractivity contribution in [2.75, 3.05) is 34.8 Å². The lowest BCUT2D eigenvalue weighted by Crippen LogP contribution is -2.48. The van der Waals surface area contributed by atoms with Gasteiger partial charge in [-0.15, -0.1) is 6.58 Å². The Morgan fingerprint density at radius 3 is 2.96 bits per heavy atom. The van der Waals surface area contributed by atoms with Crippen molar-refractivity contribution in [2.45, 2.75) is 12.5 Å². The number of nitrogens with one attached hydrogen (secondary N) is 2. The average molecular weight is 364 g/mol. The molecule has 1 atom stereocenters. The fourth-order valence-electron chi connectivity index (χ4n) is 3.46. The molecular weight excluding hydrogens is 344 g/mol. The third-order valence-corrected chi connectivity index (χ3v) is 4.71. The van der Waals surface area contributed by atoms with Crippen molar-refractivity contribution in [3.05, 3.63) is 54.9 Å². The van der Waals surface area contributed by atoms with Crippen LogP contribution in [0.15, 0.2) is 49.2 Å². The van der Waals surface area contributed by atoms with Gasteiger partial charge in [-0.1, -0.05) is 12.1 Å². The molecule has 2 aliphatic rings. The predicted octanol–water partition coefficient (Wildman–Crippen LogP) is 2.02. The van der Waals surface area contributed by atoms with E-state index in [0.717, 1.165) is 25.2 Å². The molecule has 1 fully saturated rings. The van der Waals surface area contributed by atoms with E-state index in [1.165, 1.54) is 0 Å². The summed E-state index contributed by atoms with van der Waals surface area (Å²) in [5.41, 5.74) is 1.13. The highest BCUT2D eigenvalue weighted by atomic mass is 16.2. The number of nitrogens with zero attached hydrogens (tertiary/aromatic N) is 4. The van der Waals surface area contributed by atoms with E-state index >= 15 is 0 Å². The molecule has 0 aliphatic carbocycles. The molecular formula is C19H20N6O2. The molecule has 4 heterocycles. The number of hydrogen-bond acceptors (Lipinski definition) is 5. The van der Waals surface area contributed by atoms with E-state index in [-0.39, 0.29) is 23.7 Å². The van der Waals surface area contributed by atoms with Crippen LogP contribution in [-0.4, -0.2) is 47.6 Å². The molecule has 0 spiro atoms. The molecule has 0 radical (unpaired) electrons. The van der Waals surface area contributed by atoms with E-state index in [9.17, 15) is 9.59 Å². The number of amides is 3. The van der Waals surface area contributed by atoms with Gasteiger partial charge in [0.15, 0.2) is 5.82 Å². The molecule has 2 aliphatic heterocycles. The summed E-state index contributed by atoms with van der Waals surface area (Å²) in [5, 5.41) is 5.54. The maximum absolute atomic E-state index is 13.0. The van der Waals surface area contributed by atoms with Gasteiger partial charge in [-0.25, -0.2) is 14.8 Å². The largest absolute Gasteiger partial charge is 0.366 e. The minimum Gasteiger partial charge on any atom is -0.366 e. The first-order valence-corrected chi connectivity index (χ1v) is 8.83. The Labute approximate surface area is 156 Å². The third kappa shape index (κ3) is 3.21. The lowest BCUT2D eigenvalue weighted by Gasteiger charge is -2.35. The lowest BCUT2D eigenvalue weighted by molar-refractivity contribution is 0.0953. The van der Waals surface area contributed by atoms with Crippen LogP contribution in [0.3, 0.4) is 0 Å². The van der Waals surface area contributed by atoms with Gasteiger partial charge in [0, 0.05) is 25.8 Å².